The molecule has 2 saturated heterocycles. The largest absolute Gasteiger partial charge is 0.379 e. The van der Waals surface area contributed by atoms with Gasteiger partial charge in [-0.3, -0.25) is 4.79 Å². The molecule has 174 valence electrons. The van der Waals surface area contributed by atoms with E-state index in [4.69, 9.17) is 9.47 Å². The van der Waals surface area contributed by atoms with E-state index in [1.807, 2.05) is 34.5 Å². The first kappa shape index (κ1) is 23.4. The van der Waals surface area contributed by atoms with Gasteiger partial charge in [-0.25, -0.2) is 8.42 Å². The van der Waals surface area contributed by atoms with E-state index in [0.29, 0.717) is 52.2 Å². The summed E-state index contributed by atoms with van der Waals surface area (Å²) >= 11 is 1.65. The summed E-state index contributed by atoms with van der Waals surface area (Å²) in [5.41, 5.74) is 0.951. The summed E-state index contributed by atoms with van der Waals surface area (Å²) in [6.07, 6.45) is 3.11. The van der Waals surface area contributed by atoms with Crippen molar-refractivity contribution in [3.8, 4) is 0 Å². The van der Waals surface area contributed by atoms with Gasteiger partial charge in [0.05, 0.1) is 30.8 Å². The van der Waals surface area contributed by atoms with E-state index >= 15 is 0 Å². The van der Waals surface area contributed by atoms with Gasteiger partial charge >= 0.3 is 0 Å². The lowest BCUT2D eigenvalue weighted by Crippen LogP contribution is -2.40. The molecule has 0 N–H and O–H groups in total. The van der Waals surface area contributed by atoms with Gasteiger partial charge < -0.3 is 14.4 Å². The van der Waals surface area contributed by atoms with Gasteiger partial charge in [-0.05, 0) is 48.4 Å². The Kier molecular flexibility index (Phi) is 7.96. The number of hydrogen-bond acceptors (Lipinski definition) is 6. The number of rotatable bonds is 9. The van der Waals surface area contributed by atoms with Gasteiger partial charge in [0.25, 0.3) is 0 Å². The number of aryl methyl sites for hydroxylation is 1. The van der Waals surface area contributed by atoms with Crippen molar-refractivity contribution < 1.29 is 22.7 Å². The molecule has 4 rings (SSSR count). The Balaban J connectivity index is 1.36. The number of hydrogen-bond donors (Lipinski definition) is 0. The van der Waals surface area contributed by atoms with Crippen LogP contribution in [0.5, 0.6) is 0 Å². The maximum atomic E-state index is 13.0. The summed E-state index contributed by atoms with van der Waals surface area (Å²) in [7, 11) is -3.50. The maximum absolute atomic E-state index is 13.0. The van der Waals surface area contributed by atoms with Crippen LogP contribution in [0.2, 0.25) is 0 Å². The fourth-order valence-electron chi connectivity index (χ4n) is 4.05. The monoisotopic (exact) mass is 478 g/mol. The molecule has 0 aliphatic carbocycles. The lowest BCUT2D eigenvalue weighted by molar-refractivity contribution is -0.133. The highest BCUT2D eigenvalue weighted by molar-refractivity contribution is 7.89. The van der Waals surface area contributed by atoms with Crippen LogP contribution in [0.15, 0.2) is 46.7 Å². The molecule has 1 atom stereocenters. The standard InChI is InChI=1S/C23H30N2O5S2/c26-23(24(17-20-3-1-13-30-20)18-21-4-2-16-31-21)10-7-19-5-8-22(9-6-19)32(27,28)25-11-14-29-15-12-25/h2,4-6,8-9,16,20H,1,3,7,10-15,17-18H2. The number of carbonyl (C=O) groups excluding carboxylic acids is 1. The Labute approximate surface area is 194 Å². The Morgan fingerprint density at radius 1 is 1.12 bits per heavy atom. The molecule has 1 aromatic carbocycles. The zero-order chi connectivity index (χ0) is 22.4. The minimum atomic E-state index is -3.50. The SMILES string of the molecule is O=C(CCc1ccc(S(=O)(=O)N2CCOCC2)cc1)N(Cc1cccs1)CC1CCCO1. The highest BCUT2D eigenvalue weighted by Gasteiger charge is 2.26. The van der Waals surface area contributed by atoms with E-state index in [1.54, 1.807) is 23.5 Å². The third kappa shape index (κ3) is 5.96. The summed E-state index contributed by atoms with van der Waals surface area (Å²) in [4.78, 5) is 16.4. The predicted molar refractivity (Wildman–Crippen MR) is 123 cm³/mol. The second-order valence-corrected chi connectivity index (χ2v) is 11.1. The first-order valence-electron chi connectivity index (χ1n) is 11.1. The summed E-state index contributed by atoms with van der Waals surface area (Å²) < 4.78 is 38.0. The fourth-order valence-corrected chi connectivity index (χ4v) is 6.18. The quantitative estimate of drug-likeness (QED) is 0.554. The number of nitrogens with zero attached hydrogens (tertiary/aromatic N) is 2. The first-order chi connectivity index (χ1) is 15.5. The first-order valence-corrected chi connectivity index (χ1v) is 13.4. The molecule has 0 spiro atoms. The minimum absolute atomic E-state index is 0.0962. The zero-order valence-electron chi connectivity index (χ0n) is 18.1. The number of ether oxygens (including phenoxy) is 2. The molecule has 0 radical (unpaired) electrons. The van der Waals surface area contributed by atoms with Crippen molar-refractivity contribution in [2.75, 3.05) is 39.5 Å². The van der Waals surface area contributed by atoms with Gasteiger partial charge in [-0.15, -0.1) is 11.3 Å². The third-order valence-electron chi connectivity index (χ3n) is 5.89. The minimum Gasteiger partial charge on any atom is -0.379 e. The molecule has 2 fully saturated rings. The van der Waals surface area contributed by atoms with Crippen LogP contribution < -0.4 is 0 Å². The molecule has 1 amide bonds. The molecule has 7 nitrogen and oxygen atoms in total. The highest BCUT2D eigenvalue weighted by atomic mass is 32.2. The van der Waals surface area contributed by atoms with Crippen LogP contribution in [0.3, 0.4) is 0 Å². The van der Waals surface area contributed by atoms with Gasteiger partial charge in [0, 0.05) is 37.5 Å². The molecule has 3 heterocycles. The number of morpholine rings is 1. The average molecular weight is 479 g/mol. The molecule has 2 aromatic rings. The topological polar surface area (TPSA) is 76.2 Å². The zero-order valence-corrected chi connectivity index (χ0v) is 19.8. The van der Waals surface area contributed by atoms with Crippen LogP contribution >= 0.6 is 11.3 Å². The van der Waals surface area contributed by atoms with Crippen LogP contribution in [-0.2, 0) is 37.3 Å². The van der Waals surface area contributed by atoms with Crippen LogP contribution in [0.1, 0.15) is 29.7 Å². The molecule has 0 saturated carbocycles. The van der Waals surface area contributed by atoms with Crippen molar-refractivity contribution in [1.29, 1.82) is 0 Å². The van der Waals surface area contributed by atoms with E-state index in [-0.39, 0.29) is 16.9 Å². The third-order valence-corrected chi connectivity index (χ3v) is 8.66. The Hall–Kier alpha value is -1.78. The molecule has 9 heteroatoms. The van der Waals surface area contributed by atoms with Crippen LogP contribution in [0.25, 0.3) is 0 Å². The van der Waals surface area contributed by atoms with Crippen molar-refractivity contribution in [3.63, 3.8) is 0 Å². The molecule has 1 aromatic heterocycles. The number of amides is 1. The number of benzene rings is 1. The van der Waals surface area contributed by atoms with Gasteiger partial charge in [0.1, 0.15) is 0 Å². The van der Waals surface area contributed by atoms with Crippen LogP contribution in [0.4, 0.5) is 0 Å². The molecule has 1 unspecified atom stereocenters. The smallest absolute Gasteiger partial charge is 0.243 e. The molecular formula is C23H30N2O5S2. The van der Waals surface area contributed by atoms with Gasteiger partial charge in [0.2, 0.25) is 15.9 Å². The molecule has 32 heavy (non-hydrogen) atoms. The summed E-state index contributed by atoms with van der Waals surface area (Å²) in [6.45, 7) is 3.60. The van der Waals surface area contributed by atoms with Crippen molar-refractivity contribution in [2.45, 2.75) is 43.2 Å². The summed E-state index contributed by atoms with van der Waals surface area (Å²) in [6, 6.07) is 10.9. The molecule has 2 aliphatic heterocycles. The predicted octanol–water partition coefficient (Wildman–Crippen LogP) is 2.91. The number of carbonyl (C=O) groups is 1. The van der Waals surface area contributed by atoms with Crippen molar-refractivity contribution in [1.82, 2.24) is 9.21 Å². The Morgan fingerprint density at radius 3 is 2.56 bits per heavy atom. The molecular weight excluding hydrogens is 448 g/mol. The average Bonchev–Trinajstić information content (AvgIpc) is 3.52. The Morgan fingerprint density at radius 2 is 1.91 bits per heavy atom. The molecule has 2 aliphatic rings. The van der Waals surface area contributed by atoms with E-state index in [2.05, 4.69) is 0 Å². The number of sulfonamides is 1. The van der Waals surface area contributed by atoms with E-state index in [1.165, 1.54) is 4.31 Å². The molecule has 0 bridgehead atoms. The number of thiophene rings is 1. The van der Waals surface area contributed by atoms with E-state index in [0.717, 1.165) is 29.9 Å². The maximum Gasteiger partial charge on any atom is 0.243 e. The van der Waals surface area contributed by atoms with Gasteiger partial charge in [-0.1, -0.05) is 18.2 Å². The lowest BCUT2D eigenvalue weighted by atomic mass is 10.1. The van der Waals surface area contributed by atoms with Crippen molar-refractivity contribution in [2.24, 2.45) is 0 Å². The fraction of sp³-hybridized carbons (Fsp3) is 0.522. The van der Waals surface area contributed by atoms with Crippen LogP contribution in [0, 0.1) is 0 Å². The Bertz CT molecular complexity index is 964. The van der Waals surface area contributed by atoms with Crippen molar-refractivity contribution >= 4 is 27.3 Å². The summed E-state index contributed by atoms with van der Waals surface area (Å²) in [5, 5.41) is 2.02. The van der Waals surface area contributed by atoms with Gasteiger partial charge in [-0.2, -0.15) is 4.31 Å². The van der Waals surface area contributed by atoms with E-state index in [9.17, 15) is 13.2 Å². The summed E-state index contributed by atoms with van der Waals surface area (Å²) in [5.74, 6) is 0.0962. The second kappa shape index (κ2) is 10.9. The second-order valence-electron chi connectivity index (χ2n) is 8.15. The van der Waals surface area contributed by atoms with Crippen molar-refractivity contribution in [3.05, 3.63) is 52.2 Å². The highest BCUT2D eigenvalue weighted by Crippen LogP contribution is 2.20. The lowest BCUT2D eigenvalue weighted by Gasteiger charge is -2.26. The van der Waals surface area contributed by atoms with Crippen LogP contribution in [-0.4, -0.2) is 69.1 Å². The normalized spacial score (nSPS) is 19.8. The van der Waals surface area contributed by atoms with E-state index < -0.39 is 10.0 Å². The van der Waals surface area contributed by atoms with Gasteiger partial charge in [0.15, 0.2) is 0 Å².